The predicted molar refractivity (Wildman–Crippen MR) is 40.0 cm³/mol. The number of nitrogens with one attached hydrogen (secondary N) is 1. The largest absolute Gasteiger partial charge is 0.384 e. The molecule has 2 aliphatic heterocycles. The van der Waals surface area contributed by atoms with E-state index in [4.69, 9.17) is 4.74 Å². The van der Waals surface area contributed by atoms with Gasteiger partial charge in [-0.05, 0) is 19.8 Å². The van der Waals surface area contributed by atoms with Gasteiger partial charge in [0.15, 0.2) is 0 Å². The van der Waals surface area contributed by atoms with E-state index in [0.29, 0.717) is 11.0 Å². The Morgan fingerprint density at radius 2 is 2.20 bits per heavy atom. The standard InChI is InChI=1S/C8H15NO/c1-7-3-8(4-7,5-9-7)6-10-2/h9H,3-6H2,1-2H3. The lowest BCUT2D eigenvalue weighted by Gasteiger charge is -2.43. The first-order valence-electron chi connectivity index (χ1n) is 3.92. The lowest BCUT2D eigenvalue weighted by atomic mass is 9.63. The quantitative estimate of drug-likeness (QED) is 0.613. The monoisotopic (exact) mass is 141 g/mol. The Labute approximate surface area is 61.9 Å². The van der Waals surface area contributed by atoms with E-state index in [1.165, 1.54) is 12.8 Å². The van der Waals surface area contributed by atoms with E-state index in [0.717, 1.165) is 13.2 Å². The average molecular weight is 141 g/mol. The van der Waals surface area contributed by atoms with Gasteiger partial charge in [0.05, 0.1) is 6.61 Å². The number of hydrogen-bond donors (Lipinski definition) is 1. The van der Waals surface area contributed by atoms with Gasteiger partial charge < -0.3 is 10.1 Å². The SMILES string of the molecule is COCC12CNC(C)(C1)C2. The molecule has 2 nitrogen and oxygen atoms in total. The van der Waals surface area contributed by atoms with Gasteiger partial charge in [-0.3, -0.25) is 0 Å². The summed E-state index contributed by atoms with van der Waals surface area (Å²) >= 11 is 0. The first-order chi connectivity index (χ1) is 4.68. The van der Waals surface area contributed by atoms with Crippen molar-refractivity contribution in [3.05, 3.63) is 0 Å². The number of methoxy groups -OCH3 is 1. The number of hydrogen-bond acceptors (Lipinski definition) is 2. The first kappa shape index (κ1) is 6.62. The molecule has 0 unspecified atom stereocenters. The van der Waals surface area contributed by atoms with Crippen LogP contribution in [0, 0.1) is 5.41 Å². The smallest absolute Gasteiger partial charge is 0.0532 e. The molecule has 1 saturated carbocycles. The van der Waals surface area contributed by atoms with Crippen LogP contribution < -0.4 is 5.32 Å². The van der Waals surface area contributed by atoms with Crippen LogP contribution in [0.2, 0.25) is 0 Å². The van der Waals surface area contributed by atoms with Gasteiger partial charge in [-0.15, -0.1) is 0 Å². The molecule has 1 aliphatic carbocycles. The van der Waals surface area contributed by atoms with E-state index in [1.54, 1.807) is 7.11 Å². The maximum absolute atomic E-state index is 5.17. The molecule has 0 amide bonds. The van der Waals surface area contributed by atoms with Crippen LogP contribution in [-0.2, 0) is 4.74 Å². The van der Waals surface area contributed by atoms with Gasteiger partial charge in [-0.2, -0.15) is 0 Å². The summed E-state index contributed by atoms with van der Waals surface area (Å²) in [5.41, 5.74) is 0.988. The zero-order chi connectivity index (χ0) is 7.24. The normalized spacial score (nSPS) is 51.0. The molecule has 3 aliphatic rings. The molecule has 3 rings (SSSR count). The highest BCUT2D eigenvalue weighted by Gasteiger charge is 2.57. The molecule has 2 heterocycles. The van der Waals surface area contributed by atoms with E-state index < -0.39 is 0 Å². The molecule has 2 bridgehead atoms. The van der Waals surface area contributed by atoms with Gasteiger partial charge in [0.25, 0.3) is 0 Å². The number of rotatable bonds is 2. The van der Waals surface area contributed by atoms with Crippen molar-refractivity contribution < 1.29 is 4.74 Å². The Kier molecular flexibility index (Phi) is 1.15. The second kappa shape index (κ2) is 1.74. The molecular weight excluding hydrogens is 126 g/mol. The van der Waals surface area contributed by atoms with E-state index >= 15 is 0 Å². The van der Waals surface area contributed by atoms with Gasteiger partial charge >= 0.3 is 0 Å². The number of ether oxygens (including phenoxy) is 1. The molecule has 0 atom stereocenters. The Balaban J connectivity index is 2.00. The third-order valence-corrected chi connectivity index (χ3v) is 2.87. The zero-order valence-corrected chi connectivity index (χ0v) is 6.74. The third-order valence-electron chi connectivity index (χ3n) is 2.87. The Hall–Kier alpha value is -0.0800. The summed E-state index contributed by atoms with van der Waals surface area (Å²) in [7, 11) is 1.79. The minimum atomic E-state index is 0.471. The van der Waals surface area contributed by atoms with Crippen LogP contribution in [-0.4, -0.2) is 25.8 Å². The molecule has 3 fully saturated rings. The van der Waals surface area contributed by atoms with Gasteiger partial charge in [-0.25, -0.2) is 0 Å². The highest BCUT2D eigenvalue weighted by molar-refractivity contribution is 5.14. The average Bonchev–Trinajstić information content (AvgIpc) is 2.21. The Morgan fingerprint density at radius 3 is 2.60 bits per heavy atom. The second-order valence-electron chi connectivity index (χ2n) is 4.20. The van der Waals surface area contributed by atoms with Crippen molar-refractivity contribution in [2.45, 2.75) is 25.3 Å². The van der Waals surface area contributed by atoms with Crippen LogP contribution in [0.5, 0.6) is 0 Å². The lowest BCUT2D eigenvalue weighted by molar-refractivity contribution is 0.0249. The second-order valence-corrected chi connectivity index (χ2v) is 4.20. The summed E-state index contributed by atoms with van der Waals surface area (Å²) in [6.45, 7) is 4.40. The van der Waals surface area contributed by atoms with Crippen molar-refractivity contribution in [1.29, 1.82) is 0 Å². The molecule has 2 heteroatoms. The molecule has 0 aromatic rings. The molecule has 58 valence electrons. The fourth-order valence-corrected chi connectivity index (χ4v) is 2.71. The van der Waals surface area contributed by atoms with E-state index in [-0.39, 0.29) is 0 Å². The van der Waals surface area contributed by atoms with Crippen LogP contribution >= 0.6 is 0 Å². The highest BCUT2D eigenvalue weighted by atomic mass is 16.5. The number of fused-ring (bicyclic) bond motifs is 1. The summed E-state index contributed by atoms with van der Waals surface area (Å²) in [4.78, 5) is 0. The van der Waals surface area contributed by atoms with E-state index in [2.05, 4.69) is 12.2 Å². The maximum atomic E-state index is 5.17. The Morgan fingerprint density at radius 1 is 1.50 bits per heavy atom. The van der Waals surface area contributed by atoms with Crippen molar-refractivity contribution in [1.82, 2.24) is 5.32 Å². The predicted octanol–water partition coefficient (Wildman–Crippen LogP) is 0.775. The molecule has 0 aromatic carbocycles. The summed E-state index contributed by atoms with van der Waals surface area (Å²) < 4.78 is 5.17. The van der Waals surface area contributed by atoms with Gasteiger partial charge in [0.1, 0.15) is 0 Å². The molecule has 0 spiro atoms. The molecule has 0 radical (unpaired) electrons. The van der Waals surface area contributed by atoms with Crippen molar-refractivity contribution in [3.8, 4) is 0 Å². The molecule has 2 saturated heterocycles. The lowest BCUT2D eigenvalue weighted by Crippen LogP contribution is -2.46. The van der Waals surface area contributed by atoms with Crippen LogP contribution in [0.3, 0.4) is 0 Å². The van der Waals surface area contributed by atoms with Crippen LogP contribution in [0.4, 0.5) is 0 Å². The molecular formula is C8H15NO. The summed E-state index contributed by atoms with van der Waals surface area (Å²) in [6.07, 6.45) is 2.63. The zero-order valence-electron chi connectivity index (χ0n) is 6.74. The fourth-order valence-electron chi connectivity index (χ4n) is 2.71. The summed E-state index contributed by atoms with van der Waals surface area (Å²) in [6, 6.07) is 0. The van der Waals surface area contributed by atoms with Gasteiger partial charge in [-0.1, -0.05) is 0 Å². The molecule has 0 aromatic heterocycles. The van der Waals surface area contributed by atoms with Crippen molar-refractivity contribution >= 4 is 0 Å². The minimum Gasteiger partial charge on any atom is -0.384 e. The van der Waals surface area contributed by atoms with Crippen molar-refractivity contribution in [2.75, 3.05) is 20.3 Å². The molecule has 1 N–H and O–H groups in total. The van der Waals surface area contributed by atoms with E-state index in [1.807, 2.05) is 0 Å². The fraction of sp³-hybridized carbons (Fsp3) is 1.00. The van der Waals surface area contributed by atoms with Crippen LogP contribution in [0.1, 0.15) is 19.8 Å². The molecule has 10 heavy (non-hydrogen) atoms. The Bertz CT molecular complexity index is 145. The first-order valence-corrected chi connectivity index (χ1v) is 3.92. The van der Waals surface area contributed by atoms with Crippen LogP contribution in [0.25, 0.3) is 0 Å². The maximum Gasteiger partial charge on any atom is 0.0532 e. The minimum absolute atomic E-state index is 0.471. The summed E-state index contributed by atoms with van der Waals surface area (Å²) in [5.74, 6) is 0. The van der Waals surface area contributed by atoms with Crippen molar-refractivity contribution in [2.24, 2.45) is 5.41 Å². The highest BCUT2D eigenvalue weighted by Crippen LogP contribution is 2.53. The third kappa shape index (κ3) is 0.722. The van der Waals surface area contributed by atoms with Crippen molar-refractivity contribution in [3.63, 3.8) is 0 Å². The van der Waals surface area contributed by atoms with Crippen LogP contribution in [0.15, 0.2) is 0 Å². The van der Waals surface area contributed by atoms with Gasteiger partial charge in [0, 0.05) is 24.6 Å². The topological polar surface area (TPSA) is 21.3 Å². The van der Waals surface area contributed by atoms with Gasteiger partial charge in [0.2, 0.25) is 0 Å². The van der Waals surface area contributed by atoms with E-state index in [9.17, 15) is 0 Å². The summed E-state index contributed by atoms with van der Waals surface area (Å²) in [5, 5.41) is 3.52.